The summed E-state index contributed by atoms with van der Waals surface area (Å²) >= 11 is 1.72. The van der Waals surface area contributed by atoms with Crippen LogP contribution in [0.25, 0.3) is 0 Å². The minimum absolute atomic E-state index is 0.0226. The van der Waals surface area contributed by atoms with E-state index in [1.165, 1.54) is 19.1 Å². The predicted molar refractivity (Wildman–Crippen MR) is 58.5 cm³/mol. The minimum Gasteiger partial charge on any atom is -0.398 e. The average Bonchev–Trinajstić information content (AvgIpc) is 2.02. The summed E-state index contributed by atoms with van der Waals surface area (Å²) in [7, 11) is 0. The van der Waals surface area contributed by atoms with Crippen LogP contribution in [-0.2, 0) is 0 Å². The fraction of sp³-hybridized carbons (Fsp3) is 0.222. The molecule has 14 heavy (non-hydrogen) atoms. The Balaban J connectivity index is 3.41. The van der Waals surface area contributed by atoms with E-state index in [0.717, 1.165) is 0 Å². The molecule has 0 unspecified atom stereocenters. The fourth-order valence-corrected chi connectivity index (χ4v) is 2.21. The second-order valence-corrected chi connectivity index (χ2v) is 3.87. The van der Waals surface area contributed by atoms with E-state index in [0.29, 0.717) is 0 Å². The van der Waals surface area contributed by atoms with Gasteiger partial charge in [-0.05, 0) is 41.6 Å². The van der Waals surface area contributed by atoms with E-state index in [4.69, 9.17) is 5.73 Å². The number of alkyl halides is 2. The van der Waals surface area contributed by atoms with E-state index in [1.54, 1.807) is 22.6 Å². The quantitative estimate of drug-likeness (QED) is 0.518. The number of hydrogen-bond donors (Lipinski definition) is 1. The number of hydrogen-bond acceptors (Lipinski definition) is 2. The molecule has 0 radical (unpaired) electrons. The molecule has 0 saturated carbocycles. The van der Waals surface area contributed by atoms with Gasteiger partial charge in [0.2, 0.25) is 0 Å². The van der Waals surface area contributed by atoms with E-state index in [-0.39, 0.29) is 26.2 Å². The van der Waals surface area contributed by atoms with Crippen molar-refractivity contribution >= 4 is 34.1 Å². The molecule has 0 aliphatic rings. The van der Waals surface area contributed by atoms with Crippen LogP contribution in [0.2, 0.25) is 0 Å². The summed E-state index contributed by atoms with van der Waals surface area (Å²) in [5.74, 6) is -0.240. The smallest absolute Gasteiger partial charge is 0.266 e. The summed E-state index contributed by atoms with van der Waals surface area (Å²) in [5, 5.41) is 0. The number of Topliss-reactive ketones (excluding diaryl/α,β-unsaturated/α-hetero) is 1. The Morgan fingerprint density at radius 3 is 2.50 bits per heavy atom. The van der Waals surface area contributed by atoms with E-state index in [2.05, 4.69) is 0 Å². The molecule has 0 spiro atoms. The van der Waals surface area contributed by atoms with Gasteiger partial charge >= 0.3 is 0 Å². The third-order valence-electron chi connectivity index (χ3n) is 1.81. The van der Waals surface area contributed by atoms with Crippen LogP contribution in [-0.4, -0.2) is 5.78 Å². The third kappa shape index (κ3) is 2.02. The summed E-state index contributed by atoms with van der Waals surface area (Å²) in [4.78, 5) is 11.1. The van der Waals surface area contributed by atoms with Gasteiger partial charge in [-0.1, -0.05) is 0 Å². The average molecular weight is 311 g/mol. The standard InChI is InChI=1S/C9H8F2INO/c1-4(14)5-2-3-6(13)7(8(5)12)9(10)11/h2-3,9H,13H2,1H3. The second-order valence-electron chi connectivity index (χ2n) is 2.79. The zero-order valence-electron chi connectivity index (χ0n) is 7.35. The van der Waals surface area contributed by atoms with E-state index < -0.39 is 6.43 Å². The molecule has 5 heteroatoms. The van der Waals surface area contributed by atoms with Crippen molar-refractivity contribution < 1.29 is 13.6 Å². The molecule has 0 atom stereocenters. The lowest BCUT2D eigenvalue weighted by atomic mass is 10.1. The maximum absolute atomic E-state index is 12.5. The normalized spacial score (nSPS) is 10.6. The van der Waals surface area contributed by atoms with Crippen molar-refractivity contribution in [3.63, 3.8) is 0 Å². The van der Waals surface area contributed by atoms with Gasteiger partial charge in [-0.2, -0.15) is 0 Å². The summed E-state index contributed by atoms with van der Waals surface area (Å²) in [5.41, 5.74) is 5.45. The number of anilines is 1. The van der Waals surface area contributed by atoms with Gasteiger partial charge in [-0.3, -0.25) is 4.79 Å². The Kier molecular flexibility index (Phi) is 3.41. The largest absolute Gasteiger partial charge is 0.398 e. The second kappa shape index (κ2) is 4.20. The molecule has 0 bridgehead atoms. The van der Waals surface area contributed by atoms with Crippen LogP contribution in [0.3, 0.4) is 0 Å². The van der Waals surface area contributed by atoms with Crippen LogP contribution in [0.4, 0.5) is 14.5 Å². The Morgan fingerprint density at radius 2 is 2.07 bits per heavy atom. The monoisotopic (exact) mass is 311 g/mol. The molecule has 0 aliphatic carbocycles. The number of nitrogen functional groups attached to an aromatic ring is 1. The summed E-state index contributed by atoms with van der Waals surface area (Å²) < 4.78 is 25.3. The first kappa shape index (κ1) is 11.4. The van der Waals surface area contributed by atoms with Gasteiger partial charge in [0.25, 0.3) is 6.43 Å². The van der Waals surface area contributed by atoms with Crippen molar-refractivity contribution in [2.75, 3.05) is 5.73 Å². The summed E-state index contributed by atoms with van der Waals surface area (Å²) in [6, 6.07) is 2.80. The molecule has 76 valence electrons. The number of carbonyl (C=O) groups is 1. The van der Waals surface area contributed by atoms with E-state index in [9.17, 15) is 13.6 Å². The maximum atomic E-state index is 12.5. The molecule has 0 aliphatic heterocycles. The first-order valence-corrected chi connectivity index (χ1v) is 4.90. The third-order valence-corrected chi connectivity index (χ3v) is 2.97. The molecule has 0 heterocycles. The highest BCUT2D eigenvalue weighted by molar-refractivity contribution is 14.1. The fourth-order valence-electron chi connectivity index (χ4n) is 1.10. The van der Waals surface area contributed by atoms with Crippen molar-refractivity contribution in [1.29, 1.82) is 0 Å². The first-order chi connectivity index (χ1) is 6.45. The molecule has 1 aromatic rings. The minimum atomic E-state index is -2.65. The number of carbonyl (C=O) groups excluding carboxylic acids is 1. The molecule has 0 fully saturated rings. The summed E-state index contributed by atoms with van der Waals surface area (Å²) in [6.07, 6.45) is -2.65. The van der Waals surface area contributed by atoms with Crippen LogP contribution in [0.15, 0.2) is 12.1 Å². The first-order valence-electron chi connectivity index (χ1n) is 3.82. The summed E-state index contributed by atoms with van der Waals surface area (Å²) in [6.45, 7) is 1.34. The van der Waals surface area contributed by atoms with Crippen LogP contribution in [0.1, 0.15) is 29.3 Å². The van der Waals surface area contributed by atoms with Gasteiger partial charge in [-0.25, -0.2) is 8.78 Å². The predicted octanol–water partition coefficient (Wildman–Crippen LogP) is 3.01. The number of rotatable bonds is 2. The number of halogens is 3. The van der Waals surface area contributed by atoms with Gasteiger partial charge in [0.1, 0.15) is 0 Å². The molecule has 0 amide bonds. The highest BCUT2D eigenvalue weighted by Gasteiger charge is 2.19. The number of ketones is 1. The Bertz CT molecular complexity index is 379. The highest BCUT2D eigenvalue weighted by atomic mass is 127. The van der Waals surface area contributed by atoms with E-state index in [1.807, 2.05) is 0 Å². The molecule has 1 rings (SSSR count). The Hall–Kier alpha value is -0.720. The van der Waals surface area contributed by atoms with Crippen molar-refractivity contribution in [1.82, 2.24) is 0 Å². The van der Waals surface area contributed by atoms with Crippen molar-refractivity contribution in [3.05, 3.63) is 26.8 Å². The van der Waals surface area contributed by atoms with Gasteiger partial charge in [-0.15, -0.1) is 0 Å². The van der Waals surface area contributed by atoms with Crippen molar-refractivity contribution in [2.24, 2.45) is 0 Å². The Labute approximate surface area is 93.6 Å². The molecular weight excluding hydrogens is 303 g/mol. The molecule has 2 nitrogen and oxygen atoms in total. The van der Waals surface area contributed by atoms with Crippen LogP contribution in [0.5, 0.6) is 0 Å². The Morgan fingerprint density at radius 1 is 1.50 bits per heavy atom. The zero-order chi connectivity index (χ0) is 10.9. The zero-order valence-corrected chi connectivity index (χ0v) is 9.51. The highest BCUT2D eigenvalue weighted by Crippen LogP contribution is 2.32. The van der Waals surface area contributed by atoms with Crippen LogP contribution < -0.4 is 5.73 Å². The van der Waals surface area contributed by atoms with Gasteiger partial charge in [0, 0.05) is 14.8 Å². The van der Waals surface area contributed by atoms with Gasteiger partial charge in [0.05, 0.1) is 5.56 Å². The lowest BCUT2D eigenvalue weighted by Gasteiger charge is -2.09. The maximum Gasteiger partial charge on any atom is 0.266 e. The van der Waals surface area contributed by atoms with Crippen LogP contribution in [0, 0.1) is 3.57 Å². The topological polar surface area (TPSA) is 43.1 Å². The molecule has 0 aromatic heterocycles. The van der Waals surface area contributed by atoms with Crippen molar-refractivity contribution in [2.45, 2.75) is 13.3 Å². The lowest BCUT2D eigenvalue weighted by Crippen LogP contribution is -2.04. The molecule has 2 N–H and O–H groups in total. The SMILES string of the molecule is CC(=O)c1ccc(N)c(C(F)F)c1I. The van der Waals surface area contributed by atoms with E-state index >= 15 is 0 Å². The number of nitrogens with two attached hydrogens (primary N) is 1. The lowest BCUT2D eigenvalue weighted by molar-refractivity contribution is 0.101. The molecule has 0 saturated heterocycles. The molecule has 1 aromatic carbocycles. The van der Waals surface area contributed by atoms with Crippen molar-refractivity contribution in [3.8, 4) is 0 Å². The van der Waals surface area contributed by atoms with Gasteiger partial charge < -0.3 is 5.73 Å². The van der Waals surface area contributed by atoms with Gasteiger partial charge in [0.15, 0.2) is 5.78 Å². The number of benzene rings is 1. The molecular formula is C9H8F2INO. The van der Waals surface area contributed by atoms with Crippen LogP contribution >= 0.6 is 22.6 Å².